The summed E-state index contributed by atoms with van der Waals surface area (Å²) in [6.07, 6.45) is 0.748. The molecular weight excluding hydrogens is 384 g/mol. The summed E-state index contributed by atoms with van der Waals surface area (Å²) in [6, 6.07) is 14.5. The van der Waals surface area contributed by atoms with Crippen molar-refractivity contribution in [3.05, 3.63) is 64.1 Å². The molecule has 25 heavy (non-hydrogen) atoms. The number of carbonyl (C=O) groups is 2. The average Bonchev–Trinajstić information content (AvgIpc) is 2.64. The molecule has 0 aliphatic rings. The molecule has 0 aromatic heterocycles. The van der Waals surface area contributed by atoms with Crippen LogP contribution in [0.25, 0.3) is 0 Å². The number of hydrogen-bond acceptors (Lipinski definition) is 3. The molecule has 0 aliphatic carbocycles. The summed E-state index contributed by atoms with van der Waals surface area (Å²) in [6.45, 7) is 1.92. The first-order valence-corrected chi connectivity index (χ1v) is 8.80. The molecule has 1 atom stereocenters. The molecule has 2 amide bonds. The highest BCUT2D eigenvalue weighted by molar-refractivity contribution is 9.10. The van der Waals surface area contributed by atoms with Crippen LogP contribution >= 0.6 is 15.9 Å². The quantitative estimate of drug-likeness (QED) is 0.742. The van der Waals surface area contributed by atoms with E-state index in [4.69, 9.17) is 4.74 Å². The van der Waals surface area contributed by atoms with Gasteiger partial charge in [-0.05, 0) is 42.3 Å². The largest absolute Gasteiger partial charge is 0.497 e. The molecule has 2 N–H and O–H groups in total. The molecule has 0 saturated heterocycles. The van der Waals surface area contributed by atoms with E-state index in [1.54, 1.807) is 25.3 Å². The summed E-state index contributed by atoms with van der Waals surface area (Å²) >= 11 is 3.32. The van der Waals surface area contributed by atoms with Crippen LogP contribution in [0.1, 0.15) is 35.3 Å². The fourth-order valence-corrected chi connectivity index (χ4v) is 2.79. The van der Waals surface area contributed by atoms with Gasteiger partial charge in [-0.1, -0.05) is 41.1 Å². The van der Waals surface area contributed by atoms with Gasteiger partial charge >= 0.3 is 0 Å². The molecular formula is C19H21BrN2O3. The third-order valence-corrected chi connectivity index (χ3v) is 4.25. The van der Waals surface area contributed by atoms with E-state index in [0.717, 1.165) is 22.2 Å². The summed E-state index contributed by atoms with van der Waals surface area (Å²) in [4.78, 5) is 24.2. The number of benzene rings is 2. The molecule has 1 unspecified atom stereocenters. The number of rotatable bonds is 7. The standard InChI is InChI=1S/C19H21BrN2O3/c1-3-17(13-7-9-16(25-2)10-8-13)22-18(23)12-21-19(24)14-5-4-6-15(20)11-14/h4-11,17H,3,12H2,1-2H3,(H,21,24)(H,22,23). The number of amides is 2. The first kappa shape index (κ1) is 19.0. The fraction of sp³-hybridized carbons (Fsp3) is 0.263. The van der Waals surface area contributed by atoms with Crippen LogP contribution in [0.15, 0.2) is 53.0 Å². The maximum Gasteiger partial charge on any atom is 0.251 e. The van der Waals surface area contributed by atoms with Crippen molar-refractivity contribution in [2.24, 2.45) is 0 Å². The van der Waals surface area contributed by atoms with Gasteiger partial charge in [-0.25, -0.2) is 0 Å². The fourth-order valence-electron chi connectivity index (χ4n) is 2.40. The van der Waals surface area contributed by atoms with Gasteiger partial charge in [0.05, 0.1) is 19.7 Å². The lowest BCUT2D eigenvalue weighted by molar-refractivity contribution is -0.120. The van der Waals surface area contributed by atoms with Gasteiger partial charge in [0.25, 0.3) is 5.91 Å². The van der Waals surface area contributed by atoms with Crippen LogP contribution in [0.3, 0.4) is 0 Å². The Morgan fingerprint density at radius 1 is 1.16 bits per heavy atom. The summed E-state index contributed by atoms with van der Waals surface area (Å²) in [5.74, 6) is 0.256. The minimum atomic E-state index is -0.283. The third kappa shape index (κ3) is 5.60. The molecule has 0 fully saturated rings. The van der Waals surface area contributed by atoms with Crippen LogP contribution in [0, 0.1) is 0 Å². The Morgan fingerprint density at radius 3 is 2.48 bits per heavy atom. The van der Waals surface area contributed by atoms with Gasteiger partial charge in [0.15, 0.2) is 0 Å². The second kappa shape index (κ2) is 9.22. The lowest BCUT2D eigenvalue weighted by Crippen LogP contribution is -2.38. The molecule has 5 nitrogen and oxygen atoms in total. The number of nitrogens with one attached hydrogen (secondary N) is 2. The zero-order valence-corrected chi connectivity index (χ0v) is 15.8. The minimum Gasteiger partial charge on any atom is -0.497 e. The Kier molecular flexibility index (Phi) is 7.01. The number of carbonyl (C=O) groups excluding carboxylic acids is 2. The van der Waals surface area contributed by atoms with Crippen molar-refractivity contribution < 1.29 is 14.3 Å². The molecule has 2 rings (SSSR count). The number of ether oxygens (including phenoxy) is 1. The second-order valence-electron chi connectivity index (χ2n) is 5.49. The first-order valence-electron chi connectivity index (χ1n) is 8.00. The molecule has 0 aliphatic heterocycles. The highest BCUT2D eigenvalue weighted by Gasteiger charge is 2.14. The van der Waals surface area contributed by atoms with Crippen molar-refractivity contribution in [1.82, 2.24) is 10.6 Å². The molecule has 132 valence electrons. The minimum absolute atomic E-state index is 0.0714. The van der Waals surface area contributed by atoms with Crippen LogP contribution < -0.4 is 15.4 Å². The molecule has 0 bridgehead atoms. The summed E-state index contributed by atoms with van der Waals surface area (Å²) in [5, 5.41) is 5.57. The zero-order chi connectivity index (χ0) is 18.2. The van der Waals surface area contributed by atoms with Gasteiger partial charge in [0.1, 0.15) is 5.75 Å². The smallest absolute Gasteiger partial charge is 0.251 e. The van der Waals surface area contributed by atoms with Crippen LogP contribution in [0.4, 0.5) is 0 Å². The summed E-state index contributed by atoms with van der Waals surface area (Å²) in [7, 11) is 1.61. The predicted molar refractivity (Wildman–Crippen MR) is 101 cm³/mol. The highest BCUT2D eigenvalue weighted by atomic mass is 79.9. The Balaban J connectivity index is 1.90. The van der Waals surface area contributed by atoms with Crippen LogP contribution in [0.5, 0.6) is 5.75 Å². The molecule has 0 spiro atoms. The lowest BCUT2D eigenvalue weighted by atomic mass is 10.0. The topological polar surface area (TPSA) is 67.4 Å². The van der Waals surface area contributed by atoms with Crippen molar-refractivity contribution in [3.8, 4) is 5.75 Å². The number of hydrogen-bond donors (Lipinski definition) is 2. The van der Waals surface area contributed by atoms with E-state index in [0.29, 0.717) is 5.56 Å². The Hall–Kier alpha value is -2.34. The SMILES string of the molecule is CCC(NC(=O)CNC(=O)c1cccc(Br)c1)c1ccc(OC)cc1. The van der Waals surface area contributed by atoms with E-state index in [-0.39, 0.29) is 24.4 Å². The van der Waals surface area contributed by atoms with E-state index in [1.165, 1.54) is 0 Å². The molecule has 2 aromatic carbocycles. The van der Waals surface area contributed by atoms with E-state index in [1.807, 2.05) is 37.3 Å². The van der Waals surface area contributed by atoms with Gasteiger partial charge in [0, 0.05) is 10.0 Å². The molecule has 0 saturated carbocycles. The van der Waals surface area contributed by atoms with Crippen molar-refractivity contribution in [1.29, 1.82) is 0 Å². The maximum atomic E-state index is 12.2. The highest BCUT2D eigenvalue weighted by Crippen LogP contribution is 2.20. The third-order valence-electron chi connectivity index (χ3n) is 3.76. The number of halogens is 1. The van der Waals surface area contributed by atoms with Crippen LogP contribution in [0.2, 0.25) is 0 Å². The van der Waals surface area contributed by atoms with Crippen molar-refractivity contribution >= 4 is 27.7 Å². The van der Waals surface area contributed by atoms with Gasteiger partial charge in [-0.2, -0.15) is 0 Å². The summed E-state index contributed by atoms with van der Waals surface area (Å²) < 4.78 is 5.96. The van der Waals surface area contributed by atoms with Crippen molar-refractivity contribution in [3.63, 3.8) is 0 Å². The van der Waals surface area contributed by atoms with E-state index < -0.39 is 0 Å². The van der Waals surface area contributed by atoms with Gasteiger partial charge in [0.2, 0.25) is 5.91 Å². The first-order chi connectivity index (χ1) is 12.0. The molecule has 6 heteroatoms. The van der Waals surface area contributed by atoms with E-state index in [9.17, 15) is 9.59 Å². The molecule has 0 radical (unpaired) electrons. The van der Waals surface area contributed by atoms with Gasteiger partial charge in [-0.15, -0.1) is 0 Å². The lowest BCUT2D eigenvalue weighted by Gasteiger charge is -2.18. The monoisotopic (exact) mass is 404 g/mol. The van der Waals surface area contributed by atoms with Crippen molar-refractivity contribution in [2.45, 2.75) is 19.4 Å². The van der Waals surface area contributed by atoms with Crippen LogP contribution in [-0.4, -0.2) is 25.5 Å². The maximum absolute atomic E-state index is 12.2. The predicted octanol–water partition coefficient (Wildman–Crippen LogP) is 3.46. The van der Waals surface area contributed by atoms with Gasteiger partial charge in [-0.3, -0.25) is 9.59 Å². The zero-order valence-electron chi connectivity index (χ0n) is 14.2. The Labute approximate surface area is 155 Å². The van der Waals surface area contributed by atoms with Gasteiger partial charge < -0.3 is 15.4 Å². The van der Waals surface area contributed by atoms with E-state index in [2.05, 4.69) is 26.6 Å². The summed E-state index contributed by atoms with van der Waals surface area (Å²) in [5.41, 5.74) is 1.50. The second-order valence-corrected chi connectivity index (χ2v) is 6.41. The number of methoxy groups -OCH3 is 1. The normalized spacial score (nSPS) is 11.5. The Bertz CT molecular complexity index is 732. The van der Waals surface area contributed by atoms with E-state index >= 15 is 0 Å². The average molecular weight is 405 g/mol. The Morgan fingerprint density at radius 2 is 1.88 bits per heavy atom. The molecule has 2 aromatic rings. The van der Waals surface area contributed by atoms with Crippen LogP contribution in [-0.2, 0) is 4.79 Å². The molecule has 0 heterocycles. The van der Waals surface area contributed by atoms with Crippen molar-refractivity contribution in [2.75, 3.05) is 13.7 Å².